The summed E-state index contributed by atoms with van der Waals surface area (Å²) in [6.45, 7) is 6.16. The molecule has 13 heteroatoms. The Balaban J connectivity index is 1.65. The van der Waals surface area contributed by atoms with Crippen LogP contribution in [0, 0.1) is 0 Å². The maximum absolute atomic E-state index is 13.0. The summed E-state index contributed by atoms with van der Waals surface area (Å²) in [6, 6.07) is 19.2. The van der Waals surface area contributed by atoms with Gasteiger partial charge in [0.1, 0.15) is 11.4 Å². The quantitative estimate of drug-likeness (QED) is 0.200. The van der Waals surface area contributed by atoms with Gasteiger partial charge in [-0.1, -0.05) is 42.5 Å². The zero-order chi connectivity index (χ0) is 30.5. The monoisotopic (exact) mass is 613 g/mol. The second kappa shape index (κ2) is 12.5. The molecule has 222 valence electrons. The molecule has 41 heavy (non-hydrogen) atoms. The largest absolute Gasteiger partial charge is 0.534 e. The van der Waals surface area contributed by atoms with Crippen LogP contribution in [0.5, 0.6) is 5.75 Å². The third kappa shape index (κ3) is 8.95. The van der Waals surface area contributed by atoms with Crippen LogP contribution in [-0.4, -0.2) is 45.5 Å². The van der Waals surface area contributed by atoms with E-state index in [-0.39, 0.29) is 9.79 Å². The van der Waals surface area contributed by atoms with Gasteiger partial charge in [0.2, 0.25) is 9.84 Å². The Bertz CT molecular complexity index is 1530. The molecule has 0 aliphatic rings. The first-order chi connectivity index (χ1) is 19.0. The minimum atomic E-state index is -5.88. The average molecular weight is 614 g/mol. The maximum Gasteiger partial charge on any atom is 0.534 e. The number of aryl methyl sites for hydroxylation is 1. The summed E-state index contributed by atoms with van der Waals surface area (Å²) in [7, 11) is -9.91. The fraction of sp³-hybridized carbons (Fsp3) is 0.321. The topological polar surface area (TPSA) is 107 Å². The van der Waals surface area contributed by atoms with Gasteiger partial charge in [0, 0.05) is 13.1 Å². The van der Waals surface area contributed by atoms with Crippen molar-refractivity contribution in [2.45, 2.75) is 61.1 Å². The molecule has 0 saturated carbocycles. The van der Waals surface area contributed by atoms with Gasteiger partial charge in [-0.2, -0.15) is 21.6 Å². The Morgan fingerprint density at radius 1 is 0.780 bits per heavy atom. The molecule has 0 unspecified atom stereocenters. The van der Waals surface area contributed by atoms with Crippen LogP contribution in [-0.2, 0) is 37.7 Å². The van der Waals surface area contributed by atoms with Crippen molar-refractivity contribution < 1.29 is 43.7 Å². The van der Waals surface area contributed by atoms with E-state index in [9.17, 15) is 34.8 Å². The number of sulfone groups is 1. The van der Waals surface area contributed by atoms with Gasteiger partial charge in [0.25, 0.3) is 0 Å². The third-order valence-corrected chi connectivity index (χ3v) is 8.38. The second-order valence-corrected chi connectivity index (χ2v) is 13.6. The molecule has 8 nitrogen and oxygen atoms in total. The van der Waals surface area contributed by atoms with Crippen molar-refractivity contribution in [3.05, 3.63) is 90.0 Å². The lowest BCUT2D eigenvalue weighted by Crippen LogP contribution is -2.37. The molecule has 0 bridgehead atoms. The number of hydrogen-bond donors (Lipinski definition) is 0. The summed E-state index contributed by atoms with van der Waals surface area (Å²) in [6.07, 6.45) is 0.699. The SMILES string of the molecule is CC(C)(C)OC(=O)N(CCCc1ccc(S(=O)(=O)c2ccc(OS(=O)(=O)C(F)(F)F)cc2)cc1)Cc1ccccc1. The first-order valence-electron chi connectivity index (χ1n) is 12.4. The molecule has 0 aliphatic carbocycles. The fourth-order valence-corrected chi connectivity index (χ4v) is 5.38. The lowest BCUT2D eigenvalue weighted by Gasteiger charge is -2.27. The first kappa shape index (κ1) is 31.9. The Morgan fingerprint density at radius 3 is 1.83 bits per heavy atom. The van der Waals surface area contributed by atoms with E-state index in [1.807, 2.05) is 30.3 Å². The van der Waals surface area contributed by atoms with E-state index in [0.29, 0.717) is 25.9 Å². The van der Waals surface area contributed by atoms with Gasteiger partial charge in [-0.3, -0.25) is 0 Å². The molecule has 0 heterocycles. The van der Waals surface area contributed by atoms with E-state index in [1.165, 1.54) is 12.1 Å². The highest BCUT2D eigenvalue weighted by Gasteiger charge is 2.48. The minimum Gasteiger partial charge on any atom is -0.444 e. The average Bonchev–Trinajstić information content (AvgIpc) is 2.87. The molecule has 0 atom stereocenters. The van der Waals surface area contributed by atoms with Crippen LogP contribution in [0.4, 0.5) is 18.0 Å². The Hall–Kier alpha value is -3.58. The van der Waals surface area contributed by atoms with Crippen LogP contribution in [0.1, 0.15) is 38.3 Å². The molecule has 0 N–H and O–H groups in total. The number of ether oxygens (including phenoxy) is 1. The predicted molar refractivity (Wildman–Crippen MR) is 145 cm³/mol. The lowest BCUT2D eigenvalue weighted by atomic mass is 10.1. The number of nitrogens with zero attached hydrogens (tertiary/aromatic N) is 1. The van der Waals surface area contributed by atoms with Crippen molar-refractivity contribution >= 4 is 26.0 Å². The minimum absolute atomic E-state index is 0.0581. The van der Waals surface area contributed by atoms with Gasteiger partial charge < -0.3 is 13.8 Å². The van der Waals surface area contributed by atoms with E-state index in [2.05, 4.69) is 4.18 Å². The molecule has 0 saturated heterocycles. The van der Waals surface area contributed by atoms with Crippen molar-refractivity contribution in [2.75, 3.05) is 6.54 Å². The number of rotatable bonds is 10. The van der Waals surface area contributed by atoms with E-state index in [4.69, 9.17) is 4.74 Å². The van der Waals surface area contributed by atoms with Gasteiger partial charge in [-0.05, 0) is 81.1 Å². The second-order valence-electron chi connectivity index (χ2n) is 10.1. The van der Waals surface area contributed by atoms with Crippen LogP contribution >= 0.6 is 0 Å². The molecular formula is C28H30F3NO7S2. The molecular weight excluding hydrogens is 583 g/mol. The number of carbonyl (C=O) groups excluding carboxylic acids is 1. The Morgan fingerprint density at radius 2 is 1.32 bits per heavy atom. The summed E-state index contributed by atoms with van der Waals surface area (Å²) in [5, 5.41) is 0. The van der Waals surface area contributed by atoms with Crippen LogP contribution in [0.25, 0.3) is 0 Å². The van der Waals surface area contributed by atoms with Crippen LogP contribution in [0.3, 0.4) is 0 Å². The molecule has 0 spiro atoms. The van der Waals surface area contributed by atoms with Crippen LogP contribution in [0.15, 0.2) is 88.7 Å². The molecule has 0 radical (unpaired) electrons. The Labute approximate surface area is 237 Å². The highest BCUT2D eigenvalue weighted by atomic mass is 32.2. The van der Waals surface area contributed by atoms with Crippen molar-refractivity contribution in [2.24, 2.45) is 0 Å². The predicted octanol–water partition coefficient (Wildman–Crippen LogP) is 6.12. The van der Waals surface area contributed by atoms with Crippen molar-refractivity contribution in [1.82, 2.24) is 4.90 Å². The van der Waals surface area contributed by atoms with E-state index >= 15 is 0 Å². The smallest absolute Gasteiger partial charge is 0.444 e. The van der Waals surface area contributed by atoms with Crippen molar-refractivity contribution in [1.29, 1.82) is 0 Å². The van der Waals surface area contributed by atoms with Gasteiger partial charge in [0.15, 0.2) is 0 Å². The summed E-state index contributed by atoms with van der Waals surface area (Å²) >= 11 is 0. The van der Waals surface area contributed by atoms with Crippen LogP contribution < -0.4 is 4.18 Å². The first-order valence-corrected chi connectivity index (χ1v) is 15.3. The maximum atomic E-state index is 13.0. The fourth-order valence-electron chi connectivity index (χ4n) is 3.66. The molecule has 3 aromatic carbocycles. The van der Waals surface area contributed by atoms with E-state index in [0.717, 1.165) is 35.4 Å². The summed E-state index contributed by atoms with van der Waals surface area (Å²) in [4.78, 5) is 14.1. The third-order valence-electron chi connectivity index (χ3n) is 5.62. The molecule has 3 rings (SSSR count). The highest BCUT2D eigenvalue weighted by Crippen LogP contribution is 2.29. The lowest BCUT2D eigenvalue weighted by molar-refractivity contribution is -0.0500. The van der Waals surface area contributed by atoms with Gasteiger partial charge >= 0.3 is 21.7 Å². The summed E-state index contributed by atoms with van der Waals surface area (Å²) in [5.41, 5.74) is -4.49. The van der Waals surface area contributed by atoms with E-state index < -0.39 is 42.9 Å². The van der Waals surface area contributed by atoms with Crippen LogP contribution in [0.2, 0.25) is 0 Å². The van der Waals surface area contributed by atoms with Gasteiger partial charge in [-0.25, -0.2) is 13.2 Å². The number of hydrogen-bond acceptors (Lipinski definition) is 7. The number of alkyl halides is 3. The highest BCUT2D eigenvalue weighted by molar-refractivity contribution is 7.91. The number of halogens is 3. The number of amides is 1. The Kier molecular flexibility index (Phi) is 9.75. The molecule has 0 fully saturated rings. The molecule has 3 aromatic rings. The zero-order valence-corrected chi connectivity index (χ0v) is 24.2. The number of benzene rings is 3. The molecule has 0 aromatic heterocycles. The molecule has 1 amide bonds. The van der Waals surface area contributed by atoms with E-state index in [1.54, 1.807) is 37.8 Å². The van der Waals surface area contributed by atoms with Crippen molar-refractivity contribution in [3.63, 3.8) is 0 Å². The van der Waals surface area contributed by atoms with Crippen molar-refractivity contribution in [3.8, 4) is 5.75 Å². The normalized spacial score (nSPS) is 12.5. The molecule has 0 aliphatic heterocycles. The summed E-state index contributed by atoms with van der Waals surface area (Å²) < 4.78 is 95.3. The summed E-state index contributed by atoms with van der Waals surface area (Å²) in [5.74, 6) is -0.677. The van der Waals surface area contributed by atoms with Gasteiger partial charge in [0.05, 0.1) is 9.79 Å². The number of carbonyl (C=O) groups is 1. The van der Waals surface area contributed by atoms with Gasteiger partial charge in [-0.15, -0.1) is 0 Å². The standard InChI is InChI=1S/C28H30F3NO7S2/c1-27(2,3)38-26(33)32(20-22-8-5-4-6-9-22)19-7-10-21-11-15-24(16-12-21)40(34,35)25-17-13-23(14-18-25)39-41(36,37)28(29,30)31/h4-6,8-9,11-18H,7,10,19-20H2,1-3H3. The zero-order valence-electron chi connectivity index (χ0n) is 22.6.